The first-order valence-corrected chi connectivity index (χ1v) is 7.92. The van der Waals surface area contributed by atoms with E-state index in [1.807, 2.05) is 6.07 Å². The summed E-state index contributed by atoms with van der Waals surface area (Å²) < 4.78 is 5.73. The molecule has 2 aliphatic rings. The van der Waals surface area contributed by atoms with Crippen LogP contribution in [0.4, 0.5) is 0 Å². The Morgan fingerprint density at radius 3 is 2.64 bits per heavy atom. The number of primary amides is 1. The average Bonchev–Trinajstić information content (AvgIpc) is 2.48. The van der Waals surface area contributed by atoms with Gasteiger partial charge >= 0.3 is 0 Å². The van der Waals surface area contributed by atoms with Crippen LogP contribution in [0.15, 0.2) is 12.1 Å². The Hall–Kier alpha value is -1.59. The molecule has 2 unspecified atom stereocenters. The summed E-state index contributed by atoms with van der Waals surface area (Å²) in [6.07, 6.45) is 0.985. The van der Waals surface area contributed by atoms with Gasteiger partial charge in [-0.15, -0.1) is 0 Å². The van der Waals surface area contributed by atoms with Crippen LogP contribution in [0, 0.1) is 19.8 Å². The highest BCUT2D eigenvalue weighted by Gasteiger charge is 2.37. The SMILES string of the molecule is Cc1cc(C)c2c(c1)OCC(O)C2N1CCC(C(N)=O)CC1. The van der Waals surface area contributed by atoms with Crippen molar-refractivity contribution in [1.82, 2.24) is 4.90 Å². The third kappa shape index (κ3) is 2.71. The van der Waals surface area contributed by atoms with Crippen molar-refractivity contribution < 1.29 is 14.6 Å². The molecule has 2 aliphatic heterocycles. The number of nitrogens with two attached hydrogens (primary N) is 1. The van der Waals surface area contributed by atoms with Gasteiger partial charge in [0.1, 0.15) is 18.5 Å². The maximum Gasteiger partial charge on any atom is 0.220 e. The van der Waals surface area contributed by atoms with Crippen LogP contribution >= 0.6 is 0 Å². The predicted octanol–water partition coefficient (Wildman–Crippen LogP) is 1.30. The van der Waals surface area contributed by atoms with Crippen LogP contribution in [-0.4, -0.2) is 41.7 Å². The molecule has 1 aromatic rings. The zero-order valence-corrected chi connectivity index (χ0v) is 13.2. The van der Waals surface area contributed by atoms with Gasteiger partial charge in [0.2, 0.25) is 5.91 Å². The molecule has 0 spiro atoms. The molecule has 5 nitrogen and oxygen atoms in total. The first-order valence-electron chi connectivity index (χ1n) is 7.92. The van der Waals surface area contributed by atoms with E-state index in [2.05, 4.69) is 24.8 Å². The van der Waals surface area contributed by atoms with E-state index in [1.165, 1.54) is 5.56 Å². The number of hydrogen-bond acceptors (Lipinski definition) is 4. The molecule has 1 aromatic carbocycles. The molecule has 5 heteroatoms. The van der Waals surface area contributed by atoms with Gasteiger partial charge in [-0.2, -0.15) is 0 Å². The summed E-state index contributed by atoms with van der Waals surface area (Å²) in [5, 5.41) is 10.5. The van der Waals surface area contributed by atoms with E-state index < -0.39 is 6.10 Å². The van der Waals surface area contributed by atoms with E-state index in [0.717, 1.165) is 42.8 Å². The van der Waals surface area contributed by atoms with Gasteiger partial charge in [-0.3, -0.25) is 9.69 Å². The number of aliphatic hydroxyl groups is 1. The van der Waals surface area contributed by atoms with Gasteiger partial charge in [0.05, 0.1) is 6.04 Å². The second-order valence-corrected chi connectivity index (χ2v) is 6.53. The number of nitrogens with zero attached hydrogens (tertiary/aromatic N) is 1. The van der Waals surface area contributed by atoms with E-state index in [9.17, 15) is 9.90 Å². The molecule has 2 atom stereocenters. The van der Waals surface area contributed by atoms with E-state index in [1.54, 1.807) is 0 Å². The Balaban J connectivity index is 1.87. The van der Waals surface area contributed by atoms with Crippen LogP contribution in [0.2, 0.25) is 0 Å². The third-order valence-corrected chi connectivity index (χ3v) is 4.89. The molecule has 2 heterocycles. The van der Waals surface area contributed by atoms with Crippen molar-refractivity contribution >= 4 is 5.91 Å². The summed E-state index contributed by atoms with van der Waals surface area (Å²) in [6.45, 7) is 5.99. The molecular weight excluding hydrogens is 280 g/mol. The number of carbonyl (C=O) groups is 1. The van der Waals surface area contributed by atoms with Gasteiger partial charge in [-0.05, 0) is 57.0 Å². The highest BCUT2D eigenvalue weighted by Crippen LogP contribution is 2.40. The number of likely N-dealkylation sites (tertiary alicyclic amines) is 1. The number of piperidine rings is 1. The number of hydrogen-bond donors (Lipinski definition) is 2. The Bertz CT molecular complexity index is 580. The second kappa shape index (κ2) is 5.89. The fourth-order valence-corrected chi connectivity index (χ4v) is 3.78. The predicted molar refractivity (Wildman–Crippen MR) is 83.7 cm³/mol. The van der Waals surface area contributed by atoms with E-state index in [4.69, 9.17) is 10.5 Å². The molecule has 0 aromatic heterocycles. The molecule has 0 saturated carbocycles. The molecule has 22 heavy (non-hydrogen) atoms. The third-order valence-electron chi connectivity index (χ3n) is 4.89. The maximum absolute atomic E-state index is 11.3. The smallest absolute Gasteiger partial charge is 0.220 e. The number of aliphatic hydroxyl groups excluding tert-OH is 1. The van der Waals surface area contributed by atoms with Crippen molar-refractivity contribution in [2.75, 3.05) is 19.7 Å². The van der Waals surface area contributed by atoms with Crippen LogP contribution < -0.4 is 10.5 Å². The standard InChI is InChI=1S/C17H24N2O3/c1-10-7-11(2)15-14(8-10)22-9-13(20)16(15)19-5-3-12(4-6-19)17(18)21/h7-8,12-13,16,20H,3-6,9H2,1-2H3,(H2,18,21). The van der Waals surface area contributed by atoms with Crippen molar-refractivity contribution in [1.29, 1.82) is 0 Å². The van der Waals surface area contributed by atoms with Crippen molar-refractivity contribution in [3.8, 4) is 5.75 Å². The zero-order chi connectivity index (χ0) is 15.9. The number of benzene rings is 1. The van der Waals surface area contributed by atoms with E-state index >= 15 is 0 Å². The van der Waals surface area contributed by atoms with Crippen LogP contribution in [-0.2, 0) is 4.79 Å². The van der Waals surface area contributed by atoms with Crippen molar-refractivity contribution in [2.24, 2.45) is 11.7 Å². The number of amides is 1. The monoisotopic (exact) mass is 304 g/mol. The highest BCUT2D eigenvalue weighted by atomic mass is 16.5. The molecule has 3 rings (SSSR count). The molecule has 0 radical (unpaired) electrons. The summed E-state index contributed by atoms with van der Waals surface area (Å²) in [5.74, 6) is 0.635. The van der Waals surface area contributed by atoms with Gasteiger partial charge in [0.15, 0.2) is 0 Å². The Morgan fingerprint density at radius 2 is 2.00 bits per heavy atom. The fraction of sp³-hybridized carbons (Fsp3) is 0.588. The number of carbonyl (C=O) groups excluding carboxylic acids is 1. The minimum atomic E-state index is -0.543. The lowest BCUT2D eigenvalue weighted by molar-refractivity contribution is -0.123. The number of ether oxygens (including phenoxy) is 1. The summed E-state index contributed by atoms with van der Waals surface area (Å²) in [7, 11) is 0. The normalized spacial score (nSPS) is 26.3. The lowest BCUT2D eigenvalue weighted by Crippen LogP contribution is -2.47. The van der Waals surface area contributed by atoms with Gasteiger partial charge in [-0.25, -0.2) is 0 Å². The summed E-state index contributed by atoms with van der Waals surface area (Å²) in [4.78, 5) is 13.6. The van der Waals surface area contributed by atoms with Crippen molar-refractivity contribution in [3.63, 3.8) is 0 Å². The first kappa shape index (κ1) is 15.3. The minimum absolute atomic E-state index is 0.0354. The second-order valence-electron chi connectivity index (χ2n) is 6.53. The quantitative estimate of drug-likeness (QED) is 0.863. The molecule has 120 valence electrons. The average molecular weight is 304 g/mol. The molecule has 3 N–H and O–H groups in total. The Kier molecular flexibility index (Phi) is 4.10. The van der Waals surface area contributed by atoms with Crippen LogP contribution in [0.25, 0.3) is 0 Å². The summed E-state index contributed by atoms with van der Waals surface area (Å²) in [6, 6.07) is 4.11. The lowest BCUT2D eigenvalue weighted by atomic mass is 9.88. The molecule has 1 fully saturated rings. The highest BCUT2D eigenvalue weighted by molar-refractivity contribution is 5.76. The van der Waals surface area contributed by atoms with E-state index in [0.29, 0.717) is 6.61 Å². The summed E-state index contributed by atoms with van der Waals surface area (Å²) >= 11 is 0. The number of fused-ring (bicyclic) bond motifs is 1. The Labute approximate surface area is 131 Å². The first-order chi connectivity index (χ1) is 10.5. The van der Waals surface area contributed by atoms with Crippen LogP contribution in [0.1, 0.15) is 35.6 Å². The maximum atomic E-state index is 11.3. The van der Waals surface area contributed by atoms with Gasteiger partial charge in [0, 0.05) is 11.5 Å². The zero-order valence-electron chi connectivity index (χ0n) is 13.2. The van der Waals surface area contributed by atoms with Crippen LogP contribution in [0.3, 0.4) is 0 Å². The van der Waals surface area contributed by atoms with E-state index in [-0.39, 0.29) is 17.9 Å². The van der Waals surface area contributed by atoms with Crippen molar-refractivity contribution in [2.45, 2.75) is 38.8 Å². The Morgan fingerprint density at radius 1 is 1.32 bits per heavy atom. The number of aryl methyl sites for hydroxylation is 2. The fourth-order valence-electron chi connectivity index (χ4n) is 3.78. The summed E-state index contributed by atoms with van der Waals surface area (Å²) in [5.41, 5.74) is 8.81. The molecule has 0 aliphatic carbocycles. The van der Waals surface area contributed by atoms with Crippen molar-refractivity contribution in [3.05, 3.63) is 28.8 Å². The van der Waals surface area contributed by atoms with Crippen LogP contribution in [0.5, 0.6) is 5.75 Å². The van der Waals surface area contributed by atoms with Gasteiger partial charge in [-0.1, -0.05) is 6.07 Å². The number of rotatable bonds is 2. The molecule has 1 amide bonds. The lowest BCUT2D eigenvalue weighted by Gasteiger charge is -2.42. The minimum Gasteiger partial charge on any atom is -0.490 e. The van der Waals surface area contributed by atoms with Gasteiger partial charge in [0.25, 0.3) is 0 Å². The molecule has 1 saturated heterocycles. The molecule has 0 bridgehead atoms. The topological polar surface area (TPSA) is 75.8 Å². The largest absolute Gasteiger partial charge is 0.490 e. The molecular formula is C17H24N2O3. The van der Waals surface area contributed by atoms with Gasteiger partial charge < -0.3 is 15.6 Å².